The second-order valence-electron chi connectivity index (χ2n) is 17.9. The summed E-state index contributed by atoms with van der Waals surface area (Å²) in [6, 6.07) is 1.97. The number of esters is 4. The van der Waals surface area contributed by atoms with E-state index in [1.165, 1.54) is 0 Å². The van der Waals surface area contributed by atoms with Crippen molar-refractivity contribution in [2.75, 3.05) is 26.4 Å². The minimum Gasteiger partial charge on any atom is -0.455 e. The lowest BCUT2D eigenvalue weighted by atomic mass is 9.81. The number of fused-ring (bicyclic) bond motifs is 10. The van der Waals surface area contributed by atoms with Crippen LogP contribution in [-0.2, 0) is 46.4 Å². The van der Waals surface area contributed by atoms with E-state index in [-0.39, 0.29) is 71.2 Å². The lowest BCUT2D eigenvalue weighted by Crippen LogP contribution is -2.50. The summed E-state index contributed by atoms with van der Waals surface area (Å²) in [5.74, 6) is -1.000. The van der Waals surface area contributed by atoms with Crippen molar-refractivity contribution in [3.63, 3.8) is 0 Å². The highest BCUT2D eigenvalue weighted by molar-refractivity contribution is 6.86. The predicted molar refractivity (Wildman–Crippen MR) is 189 cm³/mol. The Morgan fingerprint density at radius 2 is 0.917 bits per heavy atom. The first-order valence-corrected chi connectivity index (χ1v) is 30.7. The molecule has 0 aromatic rings. The fraction of sp³-hybridized carbons (Fsp3) is 0.882. The molecule has 0 radical (unpaired) electrons. The van der Waals surface area contributed by atoms with Gasteiger partial charge in [-0.1, -0.05) is 0 Å². The van der Waals surface area contributed by atoms with Crippen LogP contribution in [0.3, 0.4) is 0 Å². The Bertz CT molecular complexity index is 1190. The molecule has 4 aliphatic carbocycles. The largest absolute Gasteiger partial charge is 0.455 e. The number of carbonyl (C=O) groups is 4. The van der Waals surface area contributed by atoms with E-state index < -0.39 is 33.3 Å². The molecule has 10 unspecified atom stereocenters. The highest BCUT2D eigenvalue weighted by atomic mass is 28.4. The number of carbonyl (C=O) groups excluding carboxylic acids is 4. The fourth-order valence-corrected chi connectivity index (χ4v) is 30.7. The summed E-state index contributed by atoms with van der Waals surface area (Å²) in [5.41, 5.74) is 0.814. The summed E-state index contributed by atoms with van der Waals surface area (Å²) >= 11 is 0. The van der Waals surface area contributed by atoms with Gasteiger partial charge in [0.15, 0.2) is 33.3 Å². The van der Waals surface area contributed by atoms with Crippen LogP contribution in [-0.4, -0.2) is 83.6 Å². The van der Waals surface area contributed by atoms with Crippen LogP contribution in [0.2, 0.25) is 75.5 Å². The summed E-state index contributed by atoms with van der Waals surface area (Å²) < 4.78 is 35.9. The molecule has 4 saturated carbocycles. The van der Waals surface area contributed by atoms with E-state index in [4.69, 9.17) is 27.2 Å². The van der Waals surface area contributed by atoms with Crippen molar-refractivity contribution in [3.05, 3.63) is 0 Å². The van der Waals surface area contributed by atoms with Gasteiger partial charge in [0, 0.05) is 26.4 Å². The van der Waals surface area contributed by atoms with Gasteiger partial charge in [0.05, 0.1) is 23.7 Å². The molecule has 6 fully saturated rings. The van der Waals surface area contributed by atoms with Gasteiger partial charge in [-0.2, -0.15) is 0 Å². The van der Waals surface area contributed by atoms with Crippen LogP contribution in [0.5, 0.6) is 0 Å². The maximum Gasteiger partial charge on any atom is 0.317 e. The molecular formula is C34H58O10Si4. The highest BCUT2D eigenvalue weighted by Crippen LogP contribution is 2.64. The molecule has 0 aromatic heterocycles. The fourth-order valence-electron chi connectivity index (χ4n) is 11.2. The van der Waals surface area contributed by atoms with Crippen LogP contribution in [0.15, 0.2) is 0 Å². The second-order valence-corrected chi connectivity index (χ2v) is 35.5. The number of hydrogen-bond acceptors (Lipinski definition) is 10. The molecular weight excluding hydrogens is 681 g/mol. The maximum atomic E-state index is 12.4. The van der Waals surface area contributed by atoms with E-state index in [9.17, 15) is 19.2 Å². The van der Waals surface area contributed by atoms with E-state index in [1.807, 2.05) is 0 Å². The van der Waals surface area contributed by atoms with Crippen LogP contribution in [0.1, 0.15) is 38.5 Å². The van der Waals surface area contributed by atoms with E-state index in [2.05, 4.69) is 52.4 Å². The third-order valence-electron chi connectivity index (χ3n) is 12.9. The van der Waals surface area contributed by atoms with Gasteiger partial charge in [0.1, 0.15) is 0 Å². The SMILES string of the molecule is C[Si](C)(CCCOCCCOCC[Si](C)(C)O[Si](C)(C)C1CC2CC1C1C(=O)OC(=O)C21)O[Si](C)(C)C1CC2CC1C1C(=O)OC(=O)C21. The van der Waals surface area contributed by atoms with Crippen LogP contribution in [0, 0.1) is 47.3 Å². The minimum atomic E-state index is -2.08. The Balaban J connectivity index is 0.827. The first kappa shape index (κ1) is 36.8. The minimum absolute atomic E-state index is 0.198. The van der Waals surface area contributed by atoms with Gasteiger partial charge in [0.25, 0.3) is 0 Å². The molecule has 2 heterocycles. The molecule has 2 saturated heterocycles. The highest BCUT2D eigenvalue weighted by Gasteiger charge is 2.67. The van der Waals surface area contributed by atoms with E-state index in [1.54, 1.807) is 0 Å². The number of cyclic esters (lactones) is 4. The van der Waals surface area contributed by atoms with Crippen molar-refractivity contribution in [2.45, 2.75) is 114 Å². The van der Waals surface area contributed by atoms with Crippen LogP contribution >= 0.6 is 0 Å². The average Bonchev–Trinajstić information content (AvgIpc) is 3.80. The molecule has 10 atom stereocenters. The third-order valence-corrected chi connectivity index (χ3v) is 29.4. The summed E-state index contributed by atoms with van der Waals surface area (Å²) in [6.07, 6.45) is 5.77. The number of rotatable bonds is 17. The normalized spacial score (nSPS) is 35.8. The first-order chi connectivity index (χ1) is 22.4. The Kier molecular flexibility index (Phi) is 10.4. The van der Waals surface area contributed by atoms with Crippen molar-refractivity contribution in [1.29, 1.82) is 0 Å². The Labute approximate surface area is 290 Å². The zero-order valence-corrected chi connectivity index (χ0v) is 34.3. The van der Waals surface area contributed by atoms with Gasteiger partial charge >= 0.3 is 23.9 Å². The van der Waals surface area contributed by atoms with Crippen molar-refractivity contribution >= 4 is 57.1 Å². The third kappa shape index (κ3) is 7.20. The van der Waals surface area contributed by atoms with Gasteiger partial charge in [-0.3, -0.25) is 19.2 Å². The quantitative estimate of drug-likeness (QED) is 0.0748. The summed E-state index contributed by atoms with van der Waals surface area (Å²) in [5, 5.41) is 0. The van der Waals surface area contributed by atoms with Crippen molar-refractivity contribution < 1.29 is 46.4 Å². The average molecular weight is 739 g/mol. The standard InChI is InChI=1S/C34H58O10Si4/c1-45(2,43-47(5,6)25-19-21-17-23(25)29-27(21)31(35)41-33(29)37)15-10-13-39-11-9-12-40-14-16-46(3,4)44-48(7,8)26-20-22-18-24(26)30-28(22)32(36)42-34(30)38/h21-30H,9-20H2,1-8H3. The monoisotopic (exact) mass is 738 g/mol. The molecule has 6 rings (SSSR count). The van der Waals surface area contributed by atoms with Gasteiger partial charge < -0.3 is 27.2 Å². The molecule has 2 aliphatic heterocycles. The van der Waals surface area contributed by atoms with Crippen LogP contribution in [0.4, 0.5) is 0 Å². The van der Waals surface area contributed by atoms with E-state index in [0.29, 0.717) is 30.9 Å². The molecule has 0 N–H and O–H groups in total. The number of hydrogen-bond donors (Lipinski definition) is 0. The summed E-state index contributed by atoms with van der Waals surface area (Å²) in [6.45, 7) is 21.1. The predicted octanol–water partition coefficient (Wildman–Crippen LogP) is 6.11. The van der Waals surface area contributed by atoms with Gasteiger partial charge in [-0.15, -0.1) is 0 Å². The van der Waals surface area contributed by atoms with Crippen molar-refractivity contribution in [2.24, 2.45) is 47.3 Å². The zero-order chi connectivity index (χ0) is 34.8. The molecule has 270 valence electrons. The van der Waals surface area contributed by atoms with Crippen molar-refractivity contribution in [3.8, 4) is 0 Å². The van der Waals surface area contributed by atoms with E-state index >= 15 is 0 Å². The Hall–Kier alpha value is -1.01. The lowest BCUT2D eigenvalue weighted by molar-refractivity contribution is -0.156. The molecule has 0 amide bonds. The zero-order valence-electron chi connectivity index (χ0n) is 30.3. The van der Waals surface area contributed by atoms with Gasteiger partial charge in [-0.05, 0) is 138 Å². The molecule has 10 nitrogen and oxygen atoms in total. The van der Waals surface area contributed by atoms with Gasteiger partial charge in [0.2, 0.25) is 0 Å². The molecule has 0 aromatic carbocycles. The van der Waals surface area contributed by atoms with Crippen LogP contribution < -0.4 is 0 Å². The van der Waals surface area contributed by atoms with Crippen molar-refractivity contribution in [1.82, 2.24) is 0 Å². The Morgan fingerprint density at radius 3 is 1.40 bits per heavy atom. The first-order valence-electron chi connectivity index (χ1n) is 18.5. The molecule has 4 bridgehead atoms. The molecule has 14 heteroatoms. The Morgan fingerprint density at radius 1 is 0.521 bits per heavy atom. The number of ether oxygens (including phenoxy) is 4. The second kappa shape index (κ2) is 13.5. The molecule has 6 aliphatic rings. The molecule has 48 heavy (non-hydrogen) atoms. The lowest BCUT2D eigenvalue weighted by Gasteiger charge is -2.42. The topological polar surface area (TPSA) is 124 Å². The summed E-state index contributed by atoms with van der Waals surface area (Å²) in [7, 11) is -8.00. The van der Waals surface area contributed by atoms with E-state index in [0.717, 1.165) is 57.2 Å². The van der Waals surface area contributed by atoms with Gasteiger partial charge in [-0.25, -0.2) is 0 Å². The molecule has 0 spiro atoms. The van der Waals surface area contributed by atoms with Crippen LogP contribution in [0.25, 0.3) is 0 Å². The smallest absolute Gasteiger partial charge is 0.317 e. The maximum absolute atomic E-state index is 12.4. The summed E-state index contributed by atoms with van der Waals surface area (Å²) in [4.78, 5) is 49.1.